The van der Waals surface area contributed by atoms with Crippen LogP contribution < -0.4 is 5.32 Å². The summed E-state index contributed by atoms with van der Waals surface area (Å²) < 4.78 is 35.5. The highest BCUT2D eigenvalue weighted by Crippen LogP contribution is 2.14. The highest BCUT2D eigenvalue weighted by Gasteiger charge is 2.25. The Bertz CT molecular complexity index is 801. The van der Waals surface area contributed by atoms with Gasteiger partial charge in [-0.3, -0.25) is 9.35 Å². The normalized spacial score (nSPS) is 14.4. The monoisotopic (exact) mass is 631 g/mol. The van der Waals surface area contributed by atoms with Crippen LogP contribution in [0.2, 0.25) is 0 Å². The molecular formula is C34H65NO7S. The van der Waals surface area contributed by atoms with Crippen LogP contribution in [0, 0.1) is 0 Å². The maximum atomic E-state index is 12.5. The average Bonchev–Trinajstić information content (AvgIpc) is 2.97. The molecule has 0 aromatic carbocycles. The first kappa shape index (κ1) is 41.7. The third-order valence-corrected chi connectivity index (χ3v) is 8.18. The molecule has 1 unspecified atom stereocenters. The van der Waals surface area contributed by atoms with Gasteiger partial charge in [-0.15, -0.1) is 0 Å². The van der Waals surface area contributed by atoms with Crippen molar-refractivity contribution in [2.45, 2.75) is 180 Å². The zero-order valence-corrected chi connectivity index (χ0v) is 28.2. The second-order valence-electron chi connectivity index (χ2n) is 11.9. The zero-order chi connectivity index (χ0) is 32.0. The molecule has 0 heterocycles. The third-order valence-electron chi connectivity index (χ3n) is 7.74. The maximum Gasteiger partial charge on any atom is 0.397 e. The van der Waals surface area contributed by atoms with E-state index in [1.54, 1.807) is 6.08 Å². The summed E-state index contributed by atoms with van der Waals surface area (Å²) in [6.45, 7) is 3.80. The molecule has 8 nitrogen and oxygen atoms in total. The predicted octanol–water partition coefficient (Wildman–Crippen LogP) is 8.14. The molecule has 0 spiro atoms. The van der Waals surface area contributed by atoms with E-state index in [0.717, 1.165) is 32.1 Å². The minimum absolute atomic E-state index is 0.284. The molecule has 0 bridgehead atoms. The number of carbonyl (C=O) groups excluding carboxylic acids is 1. The van der Waals surface area contributed by atoms with E-state index >= 15 is 0 Å². The largest absolute Gasteiger partial charge is 0.397 e. The first-order valence-electron chi connectivity index (χ1n) is 17.3. The standard InChI is InChI=1S/C34H65NO7S/c1-3-5-7-9-11-13-15-17-19-20-22-24-26-28-32(36)31(30-42-43(39,40)41)35-34(38)33(37)29-27-25-23-21-18-16-14-12-10-8-6-4-2/h19-20,26,28,31-33,36-37H,3-18,21-25,27,29-30H2,1-2H3,(H,35,38)(H,39,40,41)/b20-19+,28-26+/t31?,32-,33-/m1/s1. The van der Waals surface area contributed by atoms with Crippen molar-refractivity contribution < 1.29 is 32.2 Å². The van der Waals surface area contributed by atoms with Gasteiger partial charge in [-0.1, -0.05) is 154 Å². The van der Waals surface area contributed by atoms with Gasteiger partial charge in [0.15, 0.2) is 0 Å². The number of carbonyl (C=O) groups is 1. The SMILES string of the molecule is CCCCCCCCC/C=C/CC/C=C/[C@@H](O)C(COS(=O)(=O)O)NC(=O)[C@H](O)CCCCCCCCCCCCCC. The van der Waals surface area contributed by atoms with E-state index in [9.17, 15) is 23.4 Å². The topological polar surface area (TPSA) is 133 Å². The molecule has 4 N–H and O–H groups in total. The number of allylic oxidation sites excluding steroid dienone is 3. The van der Waals surface area contributed by atoms with Gasteiger partial charge in [0, 0.05) is 0 Å². The van der Waals surface area contributed by atoms with Gasteiger partial charge in [-0.25, -0.2) is 4.18 Å². The Morgan fingerprint density at radius 1 is 0.674 bits per heavy atom. The molecule has 0 rings (SSSR count). The summed E-state index contributed by atoms with van der Waals surface area (Å²) in [7, 11) is -4.75. The molecule has 0 aromatic heterocycles. The summed E-state index contributed by atoms with van der Waals surface area (Å²) in [6.07, 6.45) is 31.0. The van der Waals surface area contributed by atoms with E-state index < -0.39 is 41.2 Å². The lowest BCUT2D eigenvalue weighted by Crippen LogP contribution is -2.49. The Balaban J connectivity index is 4.30. The molecule has 0 aliphatic rings. The van der Waals surface area contributed by atoms with Crippen molar-refractivity contribution in [1.82, 2.24) is 5.32 Å². The van der Waals surface area contributed by atoms with Crippen molar-refractivity contribution in [3.05, 3.63) is 24.3 Å². The second-order valence-corrected chi connectivity index (χ2v) is 13.0. The van der Waals surface area contributed by atoms with E-state index in [2.05, 4.69) is 35.5 Å². The molecule has 9 heteroatoms. The van der Waals surface area contributed by atoms with Crippen molar-refractivity contribution >= 4 is 16.3 Å². The molecule has 43 heavy (non-hydrogen) atoms. The van der Waals surface area contributed by atoms with Crippen LogP contribution in [0.5, 0.6) is 0 Å². The fourth-order valence-electron chi connectivity index (χ4n) is 4.99. The van der Waals surface area contributed by atoms with Gasteiger partial charge in [0.05, 0.1) is 18.8 Å². The molecule has 3 atom stereocenters. The molecule has 0 radical (unpaired) electrons. The molecule has 0 aliphatic heterocycles. The Morgan fingerprint density at radius 3 is 1.63 bits per heavy atom. The Morgan fingerprint density at radius 2 is 1.12 bits per heavy atom. The number of rotatable bonds is 31. The fourth-order valence-corrected chi connectivity index (χ4v) is 5.31. The van der Waals surface area contributed by atoms with Gasteiger partial charge < -0.3 is 15.5 Å². The molecule has 0 saturated carbocycles. The molecule has 1 amide bonds. The highest BCUT2D eigenvalue weighted by molar-refractivity contribution is 7.80. The highest BCUT2D eigenvalue weighted by atomic mass is 32.3. The van der Waals surface area contributed by atoms with Crippen LogP contribution >= 0.6 is 0 Å². The molecule has 254 valence electrons. The lowest BCUT2D eigenvalue weighted by molar-refractivity contribution is -0.131. The number of aliphatic hydroxyl groups excluding tert-OH is 2. The summed E-state index contributed by atoms with van der Waals surface area (Å²) in [4.78, 5) is 12.5. The van der Waals surface area contributed by atoms with Crippen molar-refractivity contribution in [2.75, 3.05) is 6.61 Å². The lowest BCUT2D eigenvalue weighted by Gasteiger charge is -2.23. The van der Waals surface area contributed by atoms with Gasteiger partial charge in [0.1, 0.15) is 6.10 Å². The summed E-state index contributed by atoms with van der Waals surface area (Å²) in [5.41, 5.74) is 0. The van der Waals surface area contributed by atoms with Crippen LogP contribution in [-0.4, -0.2) is 53.9 Å². The summed E-state index contributed by atoms with van der Waals surface area (Å²) in [5.74, 6) is -0.701. The van der Waals surface area contributed by atoms with Crippen LogP contribution in [0.3, 0.4) is 0 Å². The zero-order valence-electron chi connectivity index (χ0n) is 27.4. The number of nitrogens with one attached hydrogen (secondary N) is 1. The quantitative estimate of drug-likeness (QED) is 0.0345. The first-order valence-corrected chi connectivity index (χ1v) is 18.7. The van der Waals surface area contributed by atoms with Crippen LogP contribution in [0.1, 0.15) is 162 Å². The molecular weight excluding hydrogens is 566 g/mol. The number of amides is 1. The van der Waals surface area contributed by atoms with Gasteiger partial charge in [-0.05, 0) is 32.1 Å². The van der Waals surface area contributed by atoms with Crippen LogP contribution in [-0.2, 0) is 19.4 Å². The molecule has 0 saturated heterocycles. The van der Waals surface area contributed by atoms with Gasteiger partial charge in [0.25, 0.3) is 0 Å². The predicted molar refractivity (Wildman–Crippen MR) is 177 cm³/mol. The minimum Gasteiger partial charge on any atom is -0.387 e. The smallest absolute Gasteiger partial charge is 0.387 e. The molecule has 0 aliphatic carbocycles. The van der Waals surface area contributed by atoms with Crippen molar-refractivity contribution in [3.63, 3.8) is 0 Å². The summed E-state index contributed by atoms with van der Waals surface area (Å²) in [6, 6.07) is -1.14. The van der Waals surface area contributed by atoms with Crippen LogP contribution in [0.4, 0.5) is 0 Å². The Hall–Kier alpha value is -1.26. The minimum atomic E-state index is -4.75. The van der Waals surface area contributed by atoms with E-state index in [1.165, 1.54) is 102 Å². The third kappa shape index (κ3) is 29.2. The second kappa shape index (κ2) is 29.5. The average molecular weight is 632 g/mol. The number of hydrogen-bond donors (Lipinski definition) is 4. The van der Waals surface area contributed by atoms with E-state index in [1.807, 2.05) is 0 Å². The van der Waals surface area contributed by atoms with E-state index in [-0.39, 0.29) is 6.42 Å². The van der Waals surface area contributed by atoms with E-state index in [4.69, 9.17) is 4.55 Å². The van der Waals surface area contributed by atoms with E-state index in [0.29, 0.717) is 12.8 Å². The van der Waals surface area contributed by atoms with Crippen LogP contribution in [0.15, 0.2) is 24.3 Å². The number of unbranched alkanes of at least 4 members (excludes halogenated alkanes) is 19. The maximum absolute atomic E-state index is 12.5. The van der Waals surface area contributed by atoms with Crippen molar-refractivity contribution in [2.24, 2.45) is 0 Å². The number of aliphatic hydroxyl groups is 2. The summed E-state index contributed by atoms with van der Waals surface area (Å²) >= 11 is 0. The Kier molecular flexibility index (Phi) is 28.6. The fraction of sp³-hybridized carbons (Fsp3) is 0.853. The summed E-state index contributed by atoms with van der Waals surface area (Å²) in [5, 5.41) is 23.3. The number of hydrogen-bond acceptors (Lipinski definition) is 6. The Labute approximate surface area is 264 Å². The van der Waals surface area contributed by atoms with Crippen molar-refractivity contribution in [3.8, 4) is 0 Å². The molecule has 0 fully saturated rings. The van der Waals surface area contributed by atoms with Crippen LogP contribution in [0.25, 0.3) is 0 Å². The van der Waals surface area contributed by atoms with Gasteiger partial charge >= 0.3 is 10.4 Å². The van der Waals surface area contributed by atoms with Gasteiger partial charge in [-0.2, -0.15) is 8.42 Å². The first-order chi connectivity index (χ1) is 20.7. The van der Waals surface area contributed by atoms with Crippen molar-refractivity contribution in [1.29, 1.82) is 0 Å². The lowest BCUT2D eigenvalue weighted by atomic mass is 10.0. The molecule has 0 aromatic rings. The van der Waals surface area contributed by atoms with Gasteiger partial charge in [0.2, 0.25) is 5.91 Å².